The van der Waals surface area contributed by atoms with Gasteiger partial charge in [-0.3, -0.25) is 29.8 Å². The highest BCUT2D eigenvalue weighted by molar-refractivity contribution is 5.98. The lowest BCUT2D eigenvalue weighted by atomic mass is 10.1. The van der Waals surface area contributed by atoms with Crippen molar-refractivity contribution in [3.05, 3.63) is 39.9 Å². The molecule has 2 amide bonds. The number of nitrogens with zero attached hydrogens (tertiary/aromatic N) is 2. The third kappa shape index (κ3) is 2.46. The zero-order valence-corrected chi connectivity index (χ0v) is 13.3. The number of aryl methyl sites for hydroxylation is 1. The maximum atomic E-state index is 12.4. The highest BCUT2D eigenvalue weighted by atomic mass is 16.2. The van der Waals surface area contributed by atoms with Crippen molar-refractivity contribution in [2.45, 2.75) is 32.7 Å². The van der Waals surface area contributed by atoms with Crippen LogP contribution in [0.25, 0.3) is 10.9 Å². The van der Waals surface area contributed by atoms with Gasteiger partial charge < -0.3 is 0 Å². The molecule has 0 saturated heterocycles. The Labute approximate surface area is 138 Å². The topological polar surface area (TPSA) is 93.1 Å². The summed E-state index contributed by atoms with van der Waals surface area (Å²) in [6.07, 6.45) is 2.55. The summed E-state index contributed by atoms with van der Waals surface area (Å²) < 4.78 is 1.69. The van der Waals surface area contributed by atoms with Crippen molar-refractivity contribution in [1.29, 1.82) is 0 Å². The Morgan fingerprint density at radius 1 is 1.29 bits per heavy atom. The summed E-state index contributed by atoms with van der Waals surface area (Å²) in [6.45, 7) is 2.70. The summed E-state index contributed by atoms with van der Waals surface area (Å²) in [7, 11) is 0. The predicted molar refractivity (Wildman–Crippen MR) is 87.2 cm³/mol. The lowest BCUT2D eigenvalue weighted by Gasteiger charge is -2.09. The highest BCUT2D eigenvalue weighted by Crippen LogP contribution is 2.37. The fraction of sp³-hybridized carbons (Fsp3) is 0.412. The second kappa shape index (κ2) is 5.43. The maximum Gasteiger partial charge on any atom is 0.269 e. The van der Waals surface area contributed by atoms with E-state index in [9.17, 15) is 14.4 Å². The van der Waals surface area contributed by atoms with Crippen LogP contribution in [0.5, 0.6) is 0 Å². The summed E-state index contributed by atoms with van der Waals surface area (Å²) in [5.41, 5.74) is 5.69. The van der Waals surface area contributed by atoms with E-state index in [1.165, 1.54) is 0 Å². The van der Waals surface area contributed by atoms with Crippen LogP contribution in [0.15, 0.2) is 23.0 Å². The lowest BCUT2D eigenvalue weighted by Crippen LogP contribution is -2.42. The number of hydrogen-bond acceptors (Lipinski definition) is 4. The molecule has 1 aliphatic heterocycles. The molecular formula is C17H18N4O3. The fourth-order valence-corrected chi connectivity index (χ4v) is 3.20. The predicted octanol–water partition coefficient (Wildman–Crippen LogP) is 0.760. The number of rotatable bonds is 2. The number of amides is 2. The first-order chi connectivity index (χ1) is 11.5. The molecule has 0 spiro atoms. The van der Waals surface area contributed by atoms with E-state index in [2.05, 4.69) is 15.8 Å². The van der Waals surface area contributed by atoms with Gasteiger partial charge in [0.15, 0.2) is 0 Å². The molecule has 1 fully saturated rings. The molecule has 0 bridgehead atoms. The van der Waals surface area contributed by atoms with Crippen LogP contribution in [0, 0.1) is 11.8 Å². The number of carbonyl (C=O) groups is 2. The summed E-state index contributed by atoms with van der Waals surface area (Å²) >= 11 is 0. The fourth-order valence-electron chi connectivity index (χ4n) is 3.20. The molecule has 1 aliphatic carbocycles. The van der Waals surface area contributed by atoms with E-state index in [1.54, 1.807) is 22.8 Å². The third-order valence-corrected chi connectivity index (χ3v) is 4.82. The van der Waals surface area contributed by atoms with Gasteiger partial charge in [0, 0.05) is 24.4 Å². The standard InChI is InChI=1S/C17H18N4O3/c1-9-7-12(9)16(23)20-19-15(22)10-4-5-11-13(8-10)18-14-3-2-6-21(14)17(11)24/h4-5,8-9,12H,2-3,6-7H2,1H3,(H,19,22)(H,20,23)/t9-,12+/m0/s1. The van der Waals surface area contributed by atoms with Crippen molar-refractivity contribution >= 4 is 22.7 Å². The molecular weight excluding hydrogens is 308 g/mol. The number of nitrogens with one attached hydrogen (secondary N) is 2. The smallest absolute Gasteiger partial charge is 0.269 e. The van der Waals surface area contributed by atoms with Gasteiger partial charge >= 0.3 is 0 Å². The minimum absolute atomic E-state index is 0.00814. The molecule has 4 rings (SSSR count). The van der Waals surface area contributed by atoms with E-state index in [0.717, 1.165) is 25.1 Å². The summed E-state index contributed by atoms with van der Waals surface area (Å²) in [5, 5.41) is 0.507. The molecule has 124 valence electrons. The minimum Gasteiger partial charge on any atom is -0.296 e. The zero-order chi connectivity index (χ0) is 16.8. The van der Waals surface area contributed by atoms with E-state index in [4.69, 9.17) is 0 Å². The molecule has 24 heavy (non-hydrogen) atoms. The average Bonchev–Trinajstić information content (AvgIpc) is 3.12. The summed E-state index contributed by atoms with van der Waals surface area (Å²) in [4.78, 5) is 40.8. The van der Waals surface area contributed by atoms with Crippen LogP contribution in [0.4, 0.5) is 0 Å². The van der Waals surface area contributed by atoms with Gasteiger partial charge in [-0.1, -0.05) is 6.92 Å². The number of fused-ring (bicyclic) bond motifs is 2. The van der Waals surface area contributed by atoms with E-state index >= 15 is 0 Å². The van der Waals surface area contributed by atoms with Crippen LogP contribution in [0.3, 0.4) is 0 Å². The van der Waals surface area contributed by atoms with Crippen molar-refractivity contribution in [2.75, 3.05) is 0 Å². The van der Waals surface area contributed by atoms with Gasteiger partial charge in [0.2, 0.25) is 5.91 Å². The van der Waals surface area contributed by atoms with Gasteiger partial charge in [-0.15, -0.1) is 0 Å². The molecule has 1 saturated carbocycles. The Kier molecular flexibility index (Phi) is 3.37. The molecule has 2 atom stereocenters. The Bertz CT molecular complexity index is 918. The minimum atomic E-state index is -0.416. The molecule has 0 unspecified atom stereocenters. The van der Waals surface area contributed by atoms with Crippen LogP contribution in [0.2, 0.25) is 0 Å². The van der Waals surface area contributed by atoms with Gasteiger partial charge in [-0.25, -0.2) is 4.98 Å². The quantitative estimate of drug-likeness (QED) is 0.797. The van der Waals surface area contributed by atoms with Crippen LogP contribution < -0.4 is 16.4 Å². The number of carbonyl (C=O) groups excluding carboxylic acids is 2. The van der Waals surface area contributed by atoms with Gasteiger partial charge in [0.25, 0.3) is 11.5 Å². The second-order valence-corrected chi connectivity index (χ2v) is 6.58. The molecule has 2 heterocycles. The summed E-state index contributed by atoms with van der Waals surface area (Å²) in [5.74, 6) is 0.556. The van der Waals surface area contributed by atoms with Gasteiger partial charge in [0.1, 0.15) is 5.82 Å². The SMILES string of the molecule is C[C@H]1C[C@H]1C(=O)NNC(=O)c1ccc2c(=O)n3c(nc2c1)CCC3. The molecule has 1 aromatic heterocycles. The molecule has 2 aromatic rings. The van der Waals surface area contributed by atoms with E-state index in [-0.39, 0.29) is 17.4 Å². The zero-order valence-electron chi connectivity index (χ0n) is 13.3. The largest absolute Gasteiger partial charge is 0.296 e. The first kappa shape index (κ1) is 14.9. The first-order valence-corrected chi connectivity index (χ1v) is 8.18. The molecule has 7 heteroatoms. The molecule has 7 nitrogen and oxygen atoms in total. The number of benzene rings is 1. The van der Waals surface area contributed by atoms with Crippen LogP contribution >= 0.6 is 0 Å². The van der Waals surface area contributed by atoms with Crippen molar-refractivity contribution in [3.8, 4) is 0 Å². The number of hydrazine groups is 1. The van der Waals surface area contributed by atoms with E-state index in [1.807, 2.05) is 6.92 Å². The normalized spacial score (nSPS) is 21.4. The van der Waals surface area contributed by atoms with E-state index in [0.29, 0.717) is 28.9 Å². The Hall–Kier alpha value is -2.70. The molecule has 0 radical (unpaired) electrons. The van der Waals surface area contributed by atoms with Gasteiger partial charge in [0.05, 0.1) is 10.9 Å². The van der Waals surface area contributed by atoms with Crippen LogP contribution in [0.1, 0.15) is 35.9 Å². The molecule has 2 N–H and O–H groups in total. The Balaban J connectivity index is 1.56. The number of hydrogen-bond donors (Lipinski definition) is 2. The lowest BCUT2D eigenvalue weighted by molar-refractivity contribution is -0.123. The molecule has 2 aliphatic rings. The first-order valence-electron chi connectivity index (χ1n) is 8.18. The van der Waals surface area contributed by atoms with E-state index < -0.39 is 5.91 Å². The highest BCUT2D eigenvalue weighted by Gasteiger charge is 2.39. The van der Waals surface area contributed by atoms with Crippen LogP contribution in [-0.4, -0.2) is 21.4 Å². The van der Waals surface area contributed by atoms with Crippen molar-refractivity contribution < 1.29 is 9.59 Å². The molecule has 1 aromatic carbocycles. The second-order valence-electron chi connectivity index (χ2n) is 6.58. The van der Waals surface area contributed by atoms with Crippen LogP contribution in [-0.2, 0) is 17.8 Å². The summed E-state index contributed by atoms with van der Waals surface area (Å²) in [6, 6.07) is 4.79. The monoisotopic (exact) mass is 326 g/mol. The third-order valence-electron chi connectivity index (χ3n) is 4.82. The van der Waals surface area contributed by atoms with Gasteiger partial charge in [-0.2, -0.15) is 0 Å². The Morgan fingerprint density at radius 3 is 2.83 bits per heavy atom. The maximum absolute atomic E-state index is 12.4. The van der Waals surface area contributed by atoms with Crippen molar-refractivity contribution in [2.24, 2.45) is 11.8 Å². The average molecular weight is 326 g/mol. The van der Waals surface area contributed by atoms with Gasteiger partial charge in [-0.05, 0) is 37.0 Å². The Morgan fingerprint density at radius 2 is 2.08 bits per heavy atom. The number of aromatic nitrogens is 2. The van der Waals surface area contributed by atoms with Crippen molar-refractivity contribution in [3.63, 3.8) is 0 Å². The van der Waals surface area contributed by atoms with Crippen molar-refractivity contribution in [1.82, 2.24) is 20.4 Å².